The van der Waals surface area contributed by atoms with E-state index in [0.29, 0.717) is 17.6 Å². The van der Waals surface area contributed by atoms with Gasteiger partial charge in [0.25, 0.3) is 0 Å². The third-order valence-corrected chi connectivity index (χ3v) is 7.33. The van der Waals surface area contributed by atoms with E-state index in [1.807, 2.05) is 18.3 Å². The Kier molecular flexibility index (Phi) is 7.85. The Morgan fingerprint density at radius 2 is 1.83 bits per heavy atom. The van der Waals surface area contributed by atoms with E-state index in [1.165, 1.54) is 13.0 Å². The molecule has 0 radical (unpaired) electrons. The van der Waals surface area contributed by atoms with Crippen LogP contribution in [0.2, 0.25) is 0 Å². The minimum absolute atomic E-state index is 0.0361. The molecule has 2 aromatic heterocycles. The summed E-state index contributed by atoms with van der Waals surface area (Å²) < 4.78 is 41.1. The number of rotatable bonds is 6. The van der Waals surface area contributed by atoms with Gasteiger partial charge in [0.05, 0.1) is 16.8 Å². The summed E-state index contributed by atoms with van der Waals surface area (Å²) in [7, 11) is 1.75. The number of alkyl halides is 3. The fourth-order valence-corrected chi connectivity index (χ4v) is 5.25. The molecule has 0 spiro atoms. The third kappa shape index (κ3) is 6.59. The number of carbonyl (C=O) groups is 1. The van der Waals surface area contributed by atoms with E-state index in [-0.39, 0.29) is 17.5 Å². The highest BCUT2D eigenvalue weighted by molar-refractivity contribution is 5.99. The van der Waals surface area contributed by atoms with Crippen molar-refractivity contribution in [2.24, 2.45) is 12.8 Å². The van der Waals surface area contributed by atoms with Crippen LogP contribution in [-0.4, -0.2) is 37.9 Å². The van der Waals surface area contributed by atoms with E-state index in [0.717, 1.165) is 72.0 Å². The molecule has 2 heterocycles. The normalized spacial score (nSPS) is 17.4. The Morgan fingerprint density at radius 1 is 1.07 bits per heavy atom. The molecule has 41 heavy (non-hydrogen) atoms. The number of nitrogens with two attached hydrogens (primary N) is 1. The number of aryl methyl sites for hydroxylation is 3. The first-order chi connectivity index (χ1) is 19.5. The van der Waals surface area contributed by atoms with Gasteiger partial charge in [-0.15, -0.1) is 0 Å². The number of hydrogen-bond donors (Lipinski definition) is 4. The lowest BCUT2D eigenvalue weighted by Crippen LogP contribution is -2.33. The summed E-state index contributed by atoms with van der Waals surface area (Å²) in [4.78, 5) is 22.0. The summed E-state index contributed by atoms with van der Waals surface area (Å²) in [5, 5.41) is 13.8. The predicted octanol–water partition coefficient (Wildman–Crippen LogP) is 6.25. The molecule has 0 atom stereocenters. The van der Waals surface area contributed by atoms with Crippen LogP contribution >= 0.6 is 0 Å². The van der Waals surface area contributed by atoms with Crippen LogP contribution in [0, 0.1) is 6.92 Å². The van der Waals surface area contributed by atoms with Crippen LogP contribution in [0.4, 0.5) is 35.4 Å². The smallest absolute Gasteiger partial charge is 0.351 e. The largest absolute Gasteiger partial charge is 0.416 e. The molecule has 5 rings (SSSR count). The molecule has 2 amide bonds. The first-order valence-corrected chi connectivity index (χ1v) is 13.6. The molecule has 5 N–H and O–H groups in total. The van der Waals surface area contributed by atoms with Gasteiger partial charge in [0.15, 0.2) is 5.82 Å². The molecule has 1 saturated carbocycles. The molecule has 0 bridgehead atoms. The Bertz CT molecular complexity index is 1570. The zero-order valence-electron chi connectivity index (χ0n) is 23.1. The summed E-state index contributed by atoms with van der Waals surface area (Å²) in [6.07, 6.45) is 2.01. The molecule has 9 nitrogen and oxygen atoms in total. The molecule has 4 aromatic rings. The zero-order valence-corrected chi connectivity index (χ0v) is 23.1. The second kappa shape index (κ2) is 11.4. The van der Waals surface area contributed by atoms with Gasteiger partial charge in [-0.25, -0.2) is 14.8 Å². The maximum atomic E-state index is 13.2. The first-order valence-electron chi connectivity index (χ1n) is 13.6. The Morgan fingerprint density at radius 3 is 2.54 bits per heavy atom. The number of anilines is 3. The van der Waals surface area contributed by atoms with Crippen LogP contribution in [0.3, 0.4) is 0 Å². The maximum absolute atomic E-state index is 13.2. The molecule has 2 aromatic carbocycles. The van der Waals surface area contributed by atoms with Crippen molar-refractivity contribution in [3.8, 4) is 11.3 Å². The summed E-state index contributed by atoms with van der Waals surface area (Å²) in [6.45, 7) is 3.60. The van der Waals surface area contributed by atoms with Crippen molar-refractivity contribution in [1.29, 1.82) is 0 Å². The van der Waals surface area contributed by atoms with Crippen molar-refractivity contribution < 1.29 is 18.0 Å². The Balaban J connectivity index is 1.34. The summed E-state index contributed by atoms with van der Waals surface area (Å²) >= 11 is 0. The molecule has 0 saturated heterocycles. The van der Waals surface area contributed by atoms with Crippen LogP contribution in [0.5, 0.6) is 0 Å². The van der Waals surface area contributed by atoms with Crippen LogP contribution < -0.4 is 21.7 Å². The van der Waals surface area contributed by atoms with Gasteiger partial charge in [0, 0.05) is 48.0 Å². The average molecular weight is 567 g/mol. The highest BCUT2D eigenvalue weighted by Crippen LogP contribution is 2.32. The minimum atomic E-state index is -4.51. The van der Waals surface area contributed by atoms with Gasteiger partial charge in [-0.2, -0.15) is 18.3 Å². The van der Waals surface area contributed by atoms with Crippen molar-refractivity contribution >= 4 is 34.4 Å². The number of halogens is 3. The molecule has 1 fully saturated rings. The summed E-state index contributed by atoms with van der Waals surface area (Å²) in [5.74, 6) is 0.860. The fourth-order valence-electron chi connectivity index (χ4n) is 5.25. The van der Waals surface area contributed by atoms with Crippen molar-refractivity contribution in [2.45, 2.75) is 64.2 Å². The van der Waals surface area contributed by atoms with Gasteiger partial charge >= 0.3 is 12.2 Å². The van der Waals surface area contributed by atoms with E-state index in [1.54, 1.807) is 17.8 Å². The van der Waals surface area contributed by atoms with Crippen LogP contribution in [0.15, 0.2) is 42.6 Å². The summed E-state index contributed by atoms with van der Waals surface area (Å²) in [6, 6.07) is 9.00. The predicted molar refractivity (Wildman–Crippen MR) is 154 cm³/mol. The molecule has 0 aliphatic heterocycles. The number of benzene rings is 2. The van der Waals surface area contributed by atoms with Gasteiger partial charge in [0.1, 0.15) is 0 Å². The zero-order chi connectivity index (χ0) is 29.3. The monoisotopic (exact) mass is 566 g/mol. The van der Waals surface area contributed by atoms with Gasteiger partial charge in [-0.1, -0.05) is 6.92 Å². The second-order valence-electron chi connectivity index (χ2n) is 10.6. The molecule has 216 valence electrons. The number of hydrogen-bond acceptors (Lipinski definition) is 6. The number of carbonyl (C=O) groups excluding carboxylic acids is 1. The number of nitrogens with zero attached hydrogens (tertiary/aromatic N) is 4. The SMILES string of the molecule is CCc1cc(-c2cc(NC(=O)Nc3cc(C)cc(C(F)(F)F)c3)nn2C)cc2cnc(NC3CCC(N)CC3)nc12. The van der Waals surface area contributed by atoms with Crippen molar-refractivity contribution in [2.75, 3.05) is 16.0 Å². The standard InChI is InChI=1S/C29H33F3N8O/c1-4-17-11-18(12-19-15-34-27(38-26(17)19)35-22-7-5-21(33)6-8-22)24-14-25(39-40(24)3)37-28(41)36-23-10-16(2)9-20(13-23)29(30,31)32/h9-15,21-22H,4-8,33H2,1-3H3,(H,34,35,38)(H2,36,37,39,41). The fraction of sp³-hybridized carbons (Fsp3) is 0.379. The average Bonchev–Trinajstić information content (AvgIpc) is 3.28. The number of urea groups is 1. The number of fused-ring (bicyclic) bond motifs is 1. The summed E-state index contributed by atoms with van der Waals surface area (Å²) in [5.41, 5.74) is 9.15. The van der Waals surface area contributed by atoms with Gasteiger partial charge in [-0.05, 0) is 80.5 Å². The highest BCUT2D eigenvalue weighted by Gasteiger charge is 2.31. The van der Waals surface area contributed by atoms with E-state index in [2.05, 4.69) is 33.0 Å². The Labute approximate surface area is 235 Å². The van der Waals surface area contributed by atoms with Crippen molar-refractivity contribution in [3.05, 3.63) is 59.3 Å². The van der Waals surface area contributed by atoms with Crippen molar-refractivity contribution in [1.82, 2.24) is 19.7 Å². The molecular weight excluding hydrogens is 533 g/mol. The number of amides is 2. The number of aromatic nitrogens is 4. The van der Waals surface area contributed by atoms with Gasteiger partial charge in [0.2, 0.25) is 5.95 Å². The van der Waals surface area contributed by atoms with Gasteiger partial charge in [-0.3, -0.25) is 10.00 Å². The first kappa shape index (κ1) is 28.3. The molecule has 1 aliphatic rings. The topological polar surface area (TPSA) is 123 Å². The molecular formula is C29H33F3N8O. The third-order valence-electron chi connectivity index (χ3n) is 7.33. The van der Waals surface area contributed by atoms with E-state index < -0.39 is 17.8 Å². The van der Waals surface area contributed by atoms with Crippen LogP contribution in [-0.2, 0) is 19.6 Å². The molecule has 0 unspecified atom stereocenters. The molecule has 1 aliphatic carbocycles. The Hall–Kier alpha value is -4.19. The van der Waals surface area contributed by atoms with Crippen LogP contribution in [0.1, 0.15) is 49.3 Å². The lowest BCUT2D eigenvalue weighted by molar-refractivity contribution is -0.137. The van der Waals surface area contributed by atoms with Crippen molar-refractivity contribution in [3.63, 3.8) is 0 Å². The minimum Gasteiger partial charge on any atom is -0.351 e. The lowest BCUT2D eigenvalue weighted by Gasteiger charge is -2.26. The second-order valence-corrected chi connectivity index (χ2v) is 10.6. The van der Waals surface area contributed by atoms with Crippen LogP contribution in [0.25, 0.3) is 22.2 Å². The molecule has 12 heteroatoms. The van der Waals surface area contributed by atoms with E-state index >= 15 is 0 Å². The van der Waals surface area contributed by atoms with E-state index in [9.17, 15) is 18.0 Å². The highest BCUT2D eigenvalue weighted by atomic mass is 19.4. The number of nitrogens with one attached hydrogen (secondary N) is 3. The van der Waals surface area contributed by atoms with Gasteiger partial charge < -0.3 is 16.4 Å². The maximum Gasteiger partial charge on any atom is 0.416 e. The van der Waals surface area contributed by atoms with E-state index in [4.69, 9.17) is 10.7 Å². The quantitative estimate of drug-likeness (QED) is 0.219. The lowest BCUT2D eigenvalue weighted by atomic mass is 9.92.